The van der Waals surface area contributed by atoms with Crippen LogP contribution < -0.4 is 5.32 Å². The van der Waals surface area contributed by atoms with Gasteiger partial charge < -0.3 is 5.32 Å². The van der Waals surface area contributed by atoms with E-state index >= 15 is 0 Å². The number of aryl methyl sites for hydroxylation is 1. The van der Waals surface area contributed by atoms with Crippen molar-refractivity contribution in [2.75, 3.05) is 6.54 Å². The molecule has 0 saturated heterocycles. The fraction of sp³-hybridized carbons (Fsp3) is 0.250. The van der Waals surface area contributed by atoms with Crippen molar-refractivity contribution in [1.29, 1.82) is 0 Å². The normalized spacial score (nSPS) is 12.4. The highest BCUT2D eigenvalue weighted by Crippen LogP contribution is 2.25. The van der Waals surface area contributed by atoms with Gasteiger partial charge >= 0.3 is 0 Å². The minimum Gasteiger partial charge on any atom is -0.307 e. The molecule has 2 rings (SSSR count). The third kappa shape index (κ3) is 3.18. The van der Waals surface area contributed by atoms with Crippen molar-refractivity contribution < 1.29 is 8.78 Å². The maximum Gasteiger partial charge on any atom is 0.123 e. The SMILES string of the molecule is CCNC(c1cccc(F)c1)c1ccc(F)cc1C. The fourth-order valence-electron chi connectivity index (χ4n) is 2.26. The third-order valence-corrected chi connectivity index (χ3v) is 3.13. The van der Waals surface area contributed by atoms with Gasteiger partial charge in [0.05, 0.1) is 6.04 Å². The first-order chi connectivity index (χ1) is 9.11. The predicted octanol–water partition coefficient (Wildman–Crippen LogP) is 3.97. The molecule has 0 bridgehead atoms. The van der Waals surface area contributed by atoms with Gasteiger partial charge in [0.15, 0.2) is 0 Å². The van der Waals surface area contributed by atoms with Crippen LogP contribution in [0.25, 0.3) is 0 Å². The van der Waals surface area contributed by atoms with Crippen LogP contribution >= 0.6 is 0 Å². The van der Waals surface area contributed by atoms with Crippen LogP contribution in [0, 0.1) is 18.6 Å². The molecule has 0 heterocycles. The van der Waals surface area contributed by atoms with Crippen molar-refractivity contribution in [2.24, 2.45) is 0 Å². The highest BCUT2D eigenvalue weighted by molar-refractivity contribution is 5.37. The fourth-order valence-corrected chi connectivity index (χ4v) is 2.26. The molecule has 0 aliphatic rings. The lowest BCUT2D eigenvalue weighted by Crippen LogP contribution is -2.23. The first-order valence-corrected chi connectivity index (χ1v) is 6.36. The summed E-state index contributed by atoms with van der Waals surface area (Å²) >= 11 is 0. The third-order valence-electron chi connectivity index (χ3n) is 3.13. The van der Waals surface area contributed by atoms with E-state index in [0.717, 1.165) is 23.2 Å². The Hall–Kier alpha value is -1.74. The van der Waals surface area contributed by atoms with Crippen molar-refractivity contribution in [3.8, 4) is 0 Å². The Bertz CT molecular complexity index is 566. The molecule has 1 N–H and O–H groups in total. The lowest BCUT2D eigenvalue weighted by molar-refractivity contribution is 0.596. The number of halogens is 2. The van der Waals surface area contributed by atoms with Crippen molar-refractivity contribution in [3.05, 3.63) is 70.8 Å². The Morgan fingerprint density at radius 1 is 1.05 bits per heavy atom. The Labute approximate surface area is 112 Å². The monoisotopic (exact) mass is 261 g/mol. The Morgan fingerprint density at radius 3 is 2.42 bits per heavy atom. The predicted molar refractivity (Wildman–Crippen MR) is 73.1 cm³/mol. The lowest BCUT2D eigenvalue weighted by Gasteiger charge is -2.21. The van der Waals surface area contributed by atoms with Crippen LogP contribution in [0.3, 0.4) is 0 Å². The molecule has 0 aliphatic heterocycles. The zero-order chi connectivity index (χ0) is 13.8. The molecule has 0 spiro atoms. The summed E-state index contributed by atoms with van der Waals surface area (Å²) in [6, 6.07) is 11.1. The van der Waals surface area contributed by atoms with Crippen molar-refractivity contribution >= 4 is 0 Å². The molecule has 0 aromatic heterocycles. The summed E-state index contributed by atoms with van der Waals surface area (Å²) in [5.41, 5.74) is 2.67. The van der Waals surface area contributed by atoms with Crippen LogP contribution in [0.4, 0.5) is 8.78 Å². The number of nitrogens with one attached hydrogen (secondary N) is 1. The summed E-state index contributed by atoms with van der Waals surface area (Å²) < 4.78 is 26.5. The molecule has 0 saturated carbocycles. The summed E-state index contributed by atoms with van der Waals surface area (Å²) in [5, 5.41) is 3.31. The zero-order valence-corrected chi connectivity index (χ0v) is 11.1. The van der Waals surface area contributed by atoms with E-state index in [1.54, 1.807) is 12.1 Å². The molecular formula is C16H17F2N. The van der Waals surface area contributed by atoms with Gasteiger partial charge in [-0.05, 0) is 54.4 Å². The number of hydrogen-bond acceptors (Lipinski definition) is 1. The first-order valence-electron chi connectivity index (χ1n) is 6.36. The Kier molecular flexibility index (Phi) is 4.27. The average molecular weight is 261 g/mol. The summed E-state index contributed by atoms with van der Waals surface area (Å²) in [6.45, 7) is 4.60. The first kappa shape index (κ1) is 13.7. The topological polar surface area (TPSA) is 12.0 Å². The summed E-state index contributed by atoms with van der Waals surface area (Å²) in [5.74, 6) is -0.518. The molecule has 3 heteroatoms. The molecule has 0 amide bonds. The van der Waals surface area contributed by atoms with Crippen LogP contribution in [0.15, 0.2) is 42.5 Å². The molecule has 2 aromatic rings. The van der Waals surface area contributed by atoms with Gasteiger partial charge in [-0.1, -0.05) is 25.1 Å². The van der Waals surface area contributed by atoms with Crippen LogP contribution in [0.2, 0.25) is 0 Å². The van der Waals surface area contributed by atoms with Gasteiger partial charge in [-0.2, -0.15) is 0 Å². The quantitative estimate of drug-likeness (QED) is 0.878. The molecule has 100 valence electrons. The van der Waals surface area contributed by atoms with Gasteiger partial charge in [0, 0.05) is 0 Å². The standard InChI is InChI=1S/C16H17F2N/c1-3-19-16(12-5-4-6-13(17)10-12)15-8-7-14(18)9-11(15)2/h4-10,16,19H,3H2,1-2H3. The maximum atomic E-state index is 13.4. The van der Waals surface area contributed by atoms with Gasteiger partial charge in [0.1, 0.15) is 11.6 Å². The summed E-state index contributed by atoms with van der Waals surface area (Å²) in [6.07, 6.45) is 0. The average Bonchev–Trinajstić information content (AvgIpc) is 2.37. The second-order valence-electron chi connectivity index (χ2n) is 4.55. The minimum absolute atomic E-state index is 0.124. The maximum absolute atomic E-state index is 13.4. The van der Waals surface area contributed by atoms with E-state index in [0.29, 0.717) is 0 Å². The molecule has 1 atom stereocenters. The van der Waals surface area contributed by atoms with E-state index in [1.165, 1.54) is 24.3 Å². The van der Waals surface area contributed by atoms with Gasteiger partial charge in [-0.3, -0.25) is 0 Å². The molecule has 0 radical (unpaired) electrons. The van der Waals surface area contributed by atoms with E-state index < -0.39 is 0 Å². The second-order valence-corrected chi connectivity index (χ2v) is 4.55. The zero-order valence-electron chi connectivity index (χ0n) is 11.1. The summed E-state index contributed by atoms with van der Waals surface area (Å²) in [4.78, 5) is 0. The molecule has 0 aliphatic carbocycles. The lowest BCUT2D eigenvalue weighted by atomic mass is 9.95. The number of rotatable bonds is 4. The van der Waals surface area contributed by atoms with Gasteiger partial charge in [0.2, 0.25) is 0 Å². The molecule has 0 fully saturated rings. The number of benzene rings is 2. The molecular weight excluding hydrogens is 244 g/mol. The largest absolute Gasteiger partial charge is 0.307 e. The minimum atomic E-state index is -0.264. The molecule has 19 heavy (non-hydrogen) atoms. The van der Waals surface area contributed by atoms with E-state index in [1.807, 2.05) is 19.9 Å². The van der Waals surface area contributed by atoms with Crippen LogP contribution in [-0.4, -0.2) is 6.54 Å². The highest BCUT2D eigenvalue weighted by Gasteiger charge is 2.15. The van der Waals surface area contributed by atoms with Crippen molar-refractivity contribution in [3.63, 3.8) is 0 Å². The van der Waals surface area contributed by atoms with Crippen LogP contribution in [-0.2, 0) is 0 Å². The molecule has 1 unspecified atom stereocenters. The molecule has 1 nitrogen and oxygen atoms in total. The Balaban J connectivity index is 2.45. The number of hydrogen-bond donors (Lipinski definition) is 1. The Morgan fingerprint density at radius 2 is 1.79 bits per heavy atom. The van der Waals surface area contributed by atoms with Crippen LogP contribution in [0.1, 0.15) is 29.7 Å². The van der Waals surface area contributed by atoms with E-state index in [9.17, 15) is 8.78 Å². The van der Waals surface area contributed by atoms with E-state index in [4.69, 9.17) is 0 Å². The van der Waals surface area contributed by atoms with Crippen molar-refractivity contribution in [1.82, 2.24) is 5.32 Å². The van der Waals surface area contributed by atoms with Gasteiger partial charge in [-0.25, -0.2) is 8.78 Å². The highest BCUT2D eigenvalue weighted by atomic mass is 19.1. The smallest absolute Gasteiger partial charge is 0.123 e. The van der Waals surface area contributed by atoms with Gasteiger partial charge in [0.25, 0.3) is 0 Å². The second kappa shape index (κ2) is 5.93. The van der Waals surface area contributed by atoms with Crippen molar-refractivity contribution in [2.45, 2.75) is 19.9 Å². The molecule has 2 aromatic carbocycles. The van der Waals surface area contributed by atoms with Crippen LogP contribution in [0.5, 0.6) is 0 Å². The summed E-state index contributed by atoms with van der Waals surface area (Å²) in [7, 11) is 0. The van der Waals surface area contributed by atoms with E-state index in [-0.39, 0.29) is 17.7 Å². The van der Waals surface area contributed by atoms with E-state index in [2.05, 4.69) is 5.32 Å². The van der Waals surface area contributed by atoms with Gasteiger partial charge in [-0.15, -0.1) is 0 Å².